The second kappa shape index (κ2) is 11.0. The van der Waals surface area contributed by atoms with E-state index in [-0.39, 0.29) is 0 Å². The molecule has 0 radical (unpaired) electrons. The van der Waals surface area contributed by atoms with Gasteiger partial charge in [0.05, 0.1) is 6.04 Å². The molecule has 1 fully saturated rings. The summed E-state index contributed by atoms with van der Waals surface area (Å²) in [4.78, 5) is 9.25. The number of hydrogen-bond donors (Lipinski definition) is 2. The lowest BCUT2D eigenvalue weighted by molar-refractivity contribution is 0.459. The molecule has 0 spiro atoms. The van der Waals surface area contributed by atoms with Crippen LogP contribution in [0.2, 0.25) is 0 Å². The van der Waals surface area contributed by atoms with Crippen LogP contribution in [0, 0.1) is 0 Å². The Bertz CT molecular complexity index is 459. The van der Waals surface area contributed by atoms with Crippen LogP contribution in [0.5, 0.6) is 0 Å². The maximum Gasteiger partial charge on any atom is 0.125 e. The molecule has 3 N–H and O–H groups in total. The van der Waals surface area contributed by atoms with Gasteiger partial charge in [-0.05, 0) is 31.5 Å². The van der Waals surface area contributed by atoms with E-state index in [1.165, 1.54) is 5.56 Å². The Morgan fingerprint density at radius 2 is 1.82 bits per heavy atom. The van der Waals surface area contributed by atoms with Crippen molar-refractivity contribution in [3.63, 3.8) is 0 Å². The first-order valence-electron chi connectivity index (χ1n) is 8.42. The minimum atomic E-state index is 0.402. The van der Waals surface area contributed by atoms with Crippen LogP contribution in [0.1, 0.15) is 45.6 Å². The molecule has 0 atom stereocenters. The summed E-state index contributed by atoms with van der Waals surface area (Å²) in [7, 11) is 0. The highest BCUT2D eigenvalue weighted by Crippen LogP contribution is 2.09. The van der Waals surface area contributed by atoms with E-state index in [0.29, 0.717) is 18.3 Å². The van der Waals surface area contributed by atoms with Gasteiger partial charge >= 0.3 is 0 Å². The highest BCUT2D eigenvalue weighted by Gasteiger charge is 2.12. The van der Waals surface area contributed by atoms with Crippen molar-refractivity contribution >= 4 is 11.7 Å². The van der Waals surface area contributed by atoms with Crippen LogP contribution in [0.25, 0.3) is 0 Å². The van der Waals surface area contributed by atoms with E-state index < -0.39 is 0 Å². The summed E-state index contributed by atoms with van der Waals surface area (Å²) in [6, 6.07) is 10.6. The summed E-state index contributed by atoms with van der Waals surface area (Å²) in [5, 5.41) is 3.35. The summed E-state index contributed by atoms with van der Waals surface area (Å²) in [5.41, 5.74) is 7.23. The highest BCUT2D eigenvalue weighted by molar-refractivity contribution is 5.97. The summed E-state index contributed by atoms with van der Waals surface area (Å²) in [6.45, 7) is 8.18. The zero-order valence-corrected chi connectivity index (χ0v) is 14.2. The van der Waals surface area contributed by atoms with Gasteiger partial charge in [-0.3, -0.25) is 4.99 Å². The van der Waals surface area contributed by atoms with Gasteiger partial charge in [-0.15, -0.1) is 0 Å². The molecule has 0 bridgehead atoms. The average molecular weight is 302 g/mol. The fourth-order valence-electron chi connectivity index (χ4n) is 2.36. The minimum absolute atomic E-state index is 0.402. The number of rotatable bonds is 4. The van der Waals surface area contributed by atoms with Crippen LogP contribution in [0.4, 0.5) is 0 Å². The molecule has 0 unspecified atom stereocenters. The maximum atomic E-state index is 6.04. The van der Waals surface area contributed by atoms with Crippen LogP contribution in [0.15, 0.2) is 40.3 Å². The van der Waals surface area contributed by atoms with Gasteiger partial charge in [-0.2, -0.15) is 0 Å². The van der Waals surface area contributed by atoms with Gasteiger partial charge in [-0.25, -0.2) is 4.99 Å². The van der Waals surface area contributed by atoms with Crippen molar-refractivity contribution in [2.24, 2.45) is 15.7 Å². The number of nitrogens with one attached hydrogen (secondary N) is 1. The number of benzene rings is 1. The molecule has 22 heavy (non-hydrogen) atoms. The van der Waals surface area contributed by atoms with E-state index in [1.54, 1.807) is 0 Å². The third-order valence-electron chi connectivity index (χ3n) is 3.46. The average Bonchev–Trinajstić information content (AvgIpc) is 2.58. The first-order valence-corrected chi connectivity index (χ1v) is 8.42. The normalized spacial score (nSPS) is 16.9. The Kier molecular flexibility index (Phi) is 9.15. The molecule has 0 aromatic heterocycles. The SMILES string of the molecule is CC.CCC(N=C(N)Cc1ccccc1)=NC1CCNCC1. The van der Waals surface area contributed by atoms with Crippen molar-refractivity contribution in [2.75, 3.05) is 13.1 Å². The fourth-order valence-corrected chi connectivity index (χ4v) is 2.36. The number of nitrogens with two attached hydrogens (primary N) is 1. The van der Waals surface area contributed by atoms with Gasteiger partial charge in [0.1, 0.15) is 11.7 Å². The van der Waals surface area contributed by atoms with Gasteiger partial charge in [-0.1, -0.05) is 51.1 Å². The lowest BCUT2D eigenvalue weighted by Crippen LogP contribution is -2.30. The first kappa shape index (κ1) is 18.4. The Hall–Kier alpha value is -1.68. The first-order chi connectivity index (χ1) is 10.8. The van der Waals surface area contributed by atoms with Crippen molar-refractivity contribution in [2.45, 2.75) is 52.5 Å². The number of amidine groups is 2. The van der Waals surface area contributed by atoms with E-state index in [1.807, 2.05) is 32.0 Å². The third kappa shape index (κ3) is 6.85. The molecule has 1 aromatic carbocycles. The molecule has 1 aliphatic heterocycles. The summed E-state index contributed by atoms with van der Waals surface area (Å²) in [5.74, 6) is 1.52. The molecule has 1 saturated heterocycles. The number of piperidine rings is 1. The molecule has 0 amide bonds. The van der Waals surface area contributed by atoms with E-state index in [0.717, 1.165) is 38.2 Å². The van der Waals surface area contributed by atoms with Crippen molar-refractivity contribution in [3.8, 4) is 0 Å². The summed E-state index contributed by atoms with van der Waals surface area (Å²) in [6.07, 6.45) is 3.71. The molecular weight excluding hydrogens is 272 g/mol. The standard InChI is InChI=1S/C16H24N4.C2H6/c1-2-16(19-14-8-10-18-11-9-14)20-15(17)12-13-6-4-3-5-7-13;1-2/h3-7,14,18H,2,8-12H2,1H3,(H2,17,19,20);1-2H3. The Balaban J connectivity index is 0.00000116. The van der Waals surface area contributed by atoms with Crippen LogP contribution in [-0.2, 0) is 6.42 Å². The summed E-state index contributed by atoms with van der Waals surface area (Å²) >= 11 is 0. The fraction of sp³-hybridized carbons (Fsp3) is 0.556. The molecule has 1 aliphatic rings. The van der Waals surface area contributed by atoms with Gasteiger partial charge in [0.15, 0.2) is 0 Å². The van der Waals surface area contributed by atoms with Gasteiger partial charge in [0, 0.05) is 12.8 Å². The number of nitrogens with zero attached hydrogens (tertiary/aromatic N) is 2. The quantitative estimate of drug-likeness (QED) is 0.663. The monoisotopic (exact) mass is 302 g/mol. The molecule has 1 heterocycles. The van der Waals surface area contributed by atoms with E-state index in [2.05, 4.69) is 29.4 Å². The van der Waals surface area contributed by atoms with E-state index >= 15 is 0 Å². The van der Waals surface area contributed by atoms with Crippen LogP contribution in [-0.4, -0.2) is 30.8 Å². The topological polar surface area (TPSA) is 62.8 Å². The molecule has 0 aliphatic carbocycles. The Morgan fingerprint density at radius 1 is 1.18 bits per heavy atom. The zero-order valence-electron chi connectivity index (χ0n) is 14.2. The second-order valence-electron chi connectivity index (χ2n) is 5.15. The van der Waals surface area contributed by atoms with Gasteiger partial charge < -0.3 is 11.1 Å². The van der Waals surface area contributed by atoms with E-state index in [4.69, 9.17) is 10.7 Å². The van der Waals surface area contributed by atoms with Crippen LogP contribution >= 0.6 is 0 Å². The van der Waals surface area contributed by atoms with Gasteiger partial charge in [0.2, 0.25) is 0 Å². The molecule has 2 rings (SSSR count). The number of aliphatic imine (C=N–C) groups is 2. The molecular formula is C18H30N4. The Morgan fingerprint density at radius 3 is 2.41 bits per heavy atom. The third-order valence-corrected chi connectivity index (χ3v) is 3.46. The van der Waals surface area contributed by atoms with Crippen molar-refractivity contribution in [1.82, 2.24) is 5.32 Å². The lowest BCUT2D eigenvalue weighted by Gasteiger charge is -2.19. The second-order valence-corrected chi connectivity index (χ2v) is 5.15. The predicted molar refractivity (Wildman–Crippen MR) is 96.7 cm³/mol. The van der Waals surface area contributed by atoms with Crippen LogP contribution < -0.4 is 11.1 Å². The predicted octanol–water partition coefficient (Wildman–Crippen LogP) is 3.17. The van der Waals surface area contributed by atoms with Crippen molar-refractivity contribution in [1.29, 1.82) is 0 Å². The summed E-state index contributed by atoms with van der Waals surface area (Å²) < 4.78 is 0. The van der Waals surface area contributed by atoms with Crippen molar-refractivity contribution < 1.29 is 0 Å². The van der Waals surface area contributed by atoms with Crippen LogP contribution in [0.3, 0.4) is 0 Å². The van der Waals surface area contributed by atoms with Crippen molar-refractivity contribution in [3.05, 3.63) is 35.9 Å². The minimum Gasteiger partial charge on any atom is -0.387 e. The smallest absolute Gasteiger partial charge is 0.125 e. The Labute approximate surface area is 134 Å². The highest BCUT2D eigenvalue weighted by atomic mass is 15.0. The molecule has 4 heteroatoms. The van der Waals surface area contributed by atoms with Gasteiger partial charge in [0.25, 0.3) is 0 Å². The lowest BCUT2D eigenvalue weighted by atomic mass is 10.1. The molecule has 1 aromatic rings. The molecule has 4 nitrogen and oxygen atoms in total. The molecule has 0 saturated carbocycles. The largest absolute Gasteiger partial charge is 0.387 e. The van der Waals surface area contributed by atoms with E-state index in [9.17, 15) is 0 Å². The maximum absolute atomic E-state index is 6.04. The molecule has 122 valence electrons. The number of hydrogen-bond acceptors (Lipinski definition) is 2. The zero-order chi connectivity index (χ0) is 16.2.